The molecule has 1 fully saturated rings. The van der Waals surface area contributed by atoms with Gasteiger partial charge in [-0.25, -0.2) is 4.79 Å². The van der Waals surface area contributed by atoms with Gasteiger partial charge in [0.2, 0.25) is 5.91 Å². The van der Waals surface area contributed by atoms with Crippen LogP contribution in [0.2, 0.25) is 0 Å². The third-order valence-electron chi connectivity index (χ3n) is 3.23. The molecule has 0 aromatic rings. The maximum absolute atomic E-state index is 11.7. The van der Waals surface area contributed by atoms with E-state index in [1.165, 1.54) is 0 Å². The van der Waals surface area contributed by atoms with Gasteiger partial charge < -0.3 is 25.4 Å². The van der Waals surface area contributed by atoms with Crippen LogP contribution in [-0.2, 0) is 14.3 Å². The third kappa shape index (κ3) is 4.37. The van der Waals surface area contributed by atoms with E-state index in [0.717, 1.165) is 0 Å². The highest BCUT2D eigenvalue weighted by Crippen LogP contribution is 2.13. The monoisotopic (exact) mass is 287 g/mol. The molecule has 0 aromatic heterocycles. The molecule has 1 heterocycles. The van der Waals surface area contributed by atoms with Gasteiger partial charge in [-0.15, -0.1) is 0 Å². The summed E-state index contributed by atoms with van der Waals surface area (Å²) in [5, 5.41) is 13.9. The number of carboxylic acid groups (broad SMARTS) is 1. The standard InChI is InChI=1S/C12H21N3O5/c1-3-15(4-2)10(16)5-13-12(19)14-9-7-20-6-8(9)11(17)18/h8-9H,3-7H2,1-2H3,(H,17,18)(H2,13,14,19). The lowest BCUT2D eigenvalue weighted by molar-refractivity contribution is -0.142. The van der Waals surface area contributed by atoms with Crippen LogP contribution in [0.1, 0.15) is 13.8 Å². The second-order valence-electron chi connectivity index (χ2n) is 4.48. The van der Waals surface area contributed by atoms with E-state index in [4.69, 9.17) is 9.84 Å². The van der Waals surface area contributed by atoms with Crippen LogP contribution in [0.15, 0.2) is 0 Å². The van der Waals surface area contributed by atoms with Crippen molar-refractivity contribution in [2.45, 2.75) is 19.9 Å². The number of aliphatic carboxylic acids is 1. The summed E-state index contributed by atoms with van der Waals surface area (Å²) in [5.74, 6) is -1.94. The summed E-state index contributed by atoms with van der Waals surface area (Å²) >= 11 is 0. The minimum absolute atomic E-state index is 0.0820. The zero-order valence-corrected chi connectivity index (χ0v) is 11.7. The Morgan fingerprint density at radius 3 is 2.45 bits per heavy atom. The first-order chi connectivity index (χ1) is 9.49. The van der Waals surface area contributed by atoms with Crippen molar-refractivity contribution < 1.29 is 24.2 Å². The molecule has 2 atom stereocenters. The van der Waals surface area contributed by atoms with Gasteiger partial charge in [-0.1, -0.05) is 0 Å². The fraction of sp³-hybridized carbons (Fsp3) is 0.750. The van der Waals surface area contributed by atoms with Crippen molar-refractivity contribution >= 4 is 17.9 Å². The zero-order valence-electron chi connectivity index (χ0n) is 11.7. The maximum atomic E-state index is 11.7. The Morgan fingerprint density at radius 1 is 1.25 bits per heavy atom. The van der Waals surface area contributed by atoms with Crippen LogP contribution in [0, 0.1) is 5.92 Å². The van der Waals surface area contributed by atoms with Crippen molar-refractivity contribution in [1.82, 2.24) is 15.5 Å². The van der Waals surface area contributed by atoms with Gasteiger partial charge in [-0.3, -0.25) is 9.59 Å². The molecule has 3 amide bonds. The SMILES string of the molecule is CCN(CC)C(=O)CNC(=O)NC1COCC1C(=O)O. The molecule has 114 valence electrons. The normalized spacial score (nSPS) is 21.3. The molecule has 0 saturated carbocycles. The molecule has 1 rings (SSSR count). The smallest absolute Gasteiger partial charge is 0.315 e. The molecule has 1 aliphatic heterocycles. The van der Waals surface area contributed by atoms with Crippen LogP contribution >= 0.6 is 0 Å². The number of likely N-dealkylation sites (N-methyl/N-ethyl adjacent to an activating group) is 1. The number of hydrogen-bond donors (Lipinski definition) is 3. The molecule has 8 heteroatoms. The maximum Gasteiger partial charge on any atom is 0.315 e. The van der Waals surface area contributed by atoms with E-state index >= 15 is 0 Å². The highest BCUT2D eigenvalue weighted by Gasteiger charge is 2.35. The van der Waals surface area contributed by atoms with Gasteiger partial charge in [-0.2, -0.15) is 0 Å². The Labute approximate surface area is 117 Å². The predicted molar refractivity (Wildman–Crippen MR) is 70.2 cm³/mol. The van der Waals surface area contributed by atoms with Gasteiger partial charge in [-0.05, 0) is 13.8 Å². The second kappa shape index (κ2) is 7.68. The fourth-order valence-corrected chi connectivity index (χ4v) is 2.00. The van der Waals surface area contributed by atoms with Gasteiger partial charge in [0.05, 0.1) is 25.8 Å². The van der Waals surface area contributed by atoms with Crippen LogP contribution in [0.3, 0.4) is 0 Å². The van der Waals surface area contributed by atoms with Crippen molar-refractivity contribution in [3.8, 4) is 0 Å². The number of nitrogens with one attached hydrogen (secondary N) is 2. The highest BCUT2D eigenvalue weighted by molar-refractivity contribution is 5.84. The van der Waals surface area contributed by atoms with Crippen LogP contribution in [0.5, 0.6) is 0 Å². The van der Waals surface area contributed by atoms with Gasteiger partial charge in [0.1, 0.15) is 5.92 Å². The number of nitrogens with zero attached hydrogens (tertiary/aromatic N) is 1. The van der Waals surface area contributed by atoms with Gasteiger partial charge in [0, 0.05) is 13.1 Å². The van der Waals surface area contributed by atoms with E-state index in [9.17, 15) is 14.4 Å². The Hall–Kier alpha value is -1.83. The summed E-state index contributed by atoms with van der Waals surface area (Å²) in [6, 6.07) is -1.14. The Bertz CT molecular complexity index is 370. The topological polar surface area (TPSA) is 108 Å². The molecule has 0 aliphatic carbocycles. The Kier molecular flexibility index (Phi) is 6.23. The largest absolute Gasteiger partial charge is 0.481 e. The molecule has 0 radical (unpaired) electrons. The van der Waals surface area contributed by atoms with Crippen LogP contribution in [-0.4, -0.2) is 66.8 Å². The highest BCUT2D eigenvalue weighted by atomic mass is 16.5. The molecule has 1 saturated heterocycles. The lowest BCUT2D eigenvalue weighted by Crippen LogP contribution is -2.49. The van der Waals surface area contributed by atoms with E-state index in [1.54, 1.807) is 4.90 Å². The van der Waals surface area contributed by atoms with E-state index in [2.05, 4.69) is 10.6 Å². The number of urea groups is 1. The summed E-state index contributed by atoms with van der Waals surface area (Å²) < 4.78 is 5.03. The van der Waals surface area contributed by atoms with Crippen molar-refractivity contribution in [1.29, 1.82) is 0 Å². The minimum Gasteiger partial charge on any atom is -0.481 e. The number of carbonyl (C=O) groups excluding carboxylic acids is 2. The molecule has 0 aromatic carbocycles. The number of amides is 3. The van der Waals surface area contributed by atoms with Crippen LogP contribution < -0.4 is 10.6 Å². The second-order valence-corrected chi connectivity index (χ2v) is 4.48. The lowest BCUT2D eigenvalue weighted by Gasteiger charge is -2.20. The van der Waals surface area contributed by atoms with Gasteiger partial charge in [0.25, 0.3) is 0 Å². The van der Waals surface area contributed by atoms with Gasteiger partial charge in [0.15, 0.2) is 0 Å². The first-order valence-corrected chi connectivity index (χ1v) is 6.62. The van der Waals surface area contributed by atoms with Crippen molar-refractivity contribution in [3.63, 3.8) is 0 Å². The number of hydrogen-bond acceptors (Lipinski definition) is 4. The Balaban J connectivity index is 2.37. The average Bonchev–Trinajstić information content (AvgIpc) is 2.86. The van der Waals surface area contributed by atoms with E-state index < -0.39 is 24.0 Å². The molecular formula is C12H21N3O5. The number of carboxylic acids is 1. The van der Waals surface area contributed by atoms with Crippen LogP contribution in [0.25, 0.3) is 0 Å². The first-order valence-electron chi connectivity index (χ1n) is 6.62. The van der Waals surface area contributed by atoms with E-state index in [1.807, 2.05) is 13.8 Å². The molecule has 3 N–H and O–H groups in total. The molecule has 1 aliphatic rings. The first kappa shape index (κ1) is 16.2. The Morgan fingerprint density at radius 2 is 1.90 bits per heavy atom. The third-order valence-corrected chi connectivity index (χ3v) is 3.23. The summed E-state index contributed by atoms with van der Waals surface area (Å²) in [7, 11) is 0. The lowest BCUT2D eigenvalue weighted by atomic mass is 10.0. The number of rotatable bonds is 6. The van der Waals surface area contributed by atoms with E-state index in [-0.39, 0.29) is 25.7 Å². The fourth-order valence-electron chi connectivity index (χ4n) is 2.00. The van der Waals surface area contributed by atoms with Crippen molar-refractivity contribution in [2.24, 2.45) is 5.92 Å². The summed E-state index contributed by atoms with van der Waals surface area (Å²) in [4.78, 5) is 35.8. The van der Waals surface area contributed by atoms with Crippen molar-refractivity contribution in [2.75, 3.05) is 32.8 Å². The van der Waals surface area contributed by atoms with E-state index in [0.29, 0.717) is 13.1 Å². The van der Waals surface area contributed by atoms with Gasteiger partial charge >= 0.3 is 12.0 Å². The number of carbonyl (C=O) groups is 3. The molecular weight excluding hydrogens is 266 g/mol. The van der Waals surface area contributed by atoms with Crippen LogP contribution in [0.4, 0.5) is 4.79 Å². The molecule has 8 nitrogen and oxygen atoms in total. The molecule has 2 unspecified atom stereocenters. The summed E-state index contributed by atoms with van der Waals surface area (Å²) in [6.45, 7) is 5.00. The predicted octanol–water partition coefficient (Wildman–Crippen LogP) is -0.746. The summed E-state index contributed by atoms with van der Waals surface area (Å²) in [6.07, 6.45) is 0. The average molecular weight is 287 g/mol. The minimum atomic E-state index is -1.01. The van der Waals surface area contributed by atoms with Crippen molar-refractivity contribution in [3.05, 3.63) is 0 Å². The zero-order chi connectivity index (χ0) is 15.1. The molecule has 0 spiro atoms. The molecule has 0 bridgehead atoms. The molecule has 20 heavy (non-hydrogen) atoms. The quantitative estimate of drug-likeness (QED) is 0.596. The summed E-state index contributed by atoms with van der Waals surface area (Å²) in [5.41, 5.74) is 0. The number of ether oxygens (including phenoxy) is 1.